The molecule has 0 spiro atoms. The van der Waals surface area contributed by atoms with Gasteiger partial charge in [0.1, 0.15) is 0 Å². The Morgan fingerprint density at radius 2 is 1.89 bits per heavy atom. The second-order valence-corrected chi connectivity index (χ2v) is 5.46. The van der Waals surface area contributed by atoms with Crippen LogP contribution in [0, 0.1) is 0 Å². The van der Waals surface area contributed by atoms with E-state index in [1.807, 2.05) is 0 Å². The van der Waals surface area contributed by atoms with Crippen LogP contribution in [0.2, 0.25) is 0 Å². The summed E-state index contributed by atoms with van der Waals surface area (Å²) in [5.74, 6) is 0. The van der Waals surface area contributed by atoms with Crippen LogP contribution < -0.4 is 0 Å². The molecule has 0 amide bonds. The van der Waals surface area contributed by atoms with Crippen molar-refractivity contribution in [1.29, 1.82) is 0 Å². The summed E-state index contributed by atoms with van der Waals surface area (Å²) in [5, 5.41) is 9.92. The average molecular weight is 339 g/mol. The number of unbranched alkanes of at least 4 members (excludes halogenated alkanes) is 3. The van der Waals surface area contributed by atoms with Crippen molar-refractivity contribution < 1.29 is 18.3 Å². The molecule has 0 saturated heterocycles. The van der Waals surface area contributed by atoms with E-state index in [2.05, 4.69) is 22.9 Å². The van der Waals surface area contributed by atoms with Gasteiger partial charge in [0.25, 0.3) is 0 Å². The van der Waals surface area contributed by atoms with E-state index >= 15 is 0 Å². The van der Waals surface area contributed by atoms with Gasteiger partial charge in [0.2, 0.25) is 0 Å². The number of benzene rings is 1. The van der Waals surface area contributed by atoms with Crippen molar-refractivity contribution in [2.24, 2.45) is 0 Å². The summed E-state index contributed by atoms with van der Waals surface area (Å²) in [7, 11) is 0. The lowest BCUT2D eigenvalue weighted by Gasteiger charge is -2.15. The number of halogens is 4. The van der Waals surface area contributed by atoms with Gasteiger partial charge < -0.3 is 5.11 Å². The van der Waals surface area contributed by atoms with Gasteiger partial charge in [-0.1, -0.05) is 54.6 Å². The second kappa shape index (κ2) is 7.29. The Morgan fingerprint density at radius 3 is 2.47 bits per heavy atom. The Bertz CT molecular complexity index is 404. The van der Waals surface area contributed by atoms with Crippen LogP contribution in [0.1, 0.15) is 56.3 Å². The summed E-state index contributed by atoms with van der Waals surface area (Å²) >= 11 is 2.89. The molecular formula is C14H18BrF3O. The fourth-order valence-corrected chi connectivity index (χ4v) is 2.37. The number of aliphatic hydroxyl groups excluding tert-OH is 1. The van der Waals surface area contributed by atoms with E-state index in [0.29, 0.717) is 12.0 Å². The van der Waals surface area contributed by atoms with Gasteiger partial charge in [-0.3, -0.25) is 0 Å². The monoisotopic (exact) mass is 338 g/mol. The smallest absolute Gasteiger partial charge is 0.388 e. The Kier molecular flexibility index (Phi) is 6.33. The maximum atomic E-state index is 12.7. The molecule has 19 heavy (non-hydrogen) atoms. The van der Waals surface area contributed by atoms with Crippen molar-refractivity contribution in [3.63, 3.8) is 0 Å². The van der Waals surface area contributed by atoms with E-state index in [4.69, 9.17) is 0 Å². The first-order chi connectivity index (χ1) is 8.86. The van der Waals surface area contributed by atoms with Gasteiger partial charge in [-0.05, 0) is 24.1 Å². The molecule has 108 valence electrons. The molecule has 1 aromatic rings. The van der Waals surface area contributed by atoms with Crippen molar-refractivity contribution in [1.82, 2.24) is 0 Å². The molecule has 5 heteroatoms. The molecule has 0 bridgehead atoms. The fourth-order valence-electron chi connectivity index (χ4n) is 1.90. The van der Waals surface area contributed by atoms with Crippen molar-refractivity contribution >= 4 is 15.9 Å². The van der Waals surface area contributed by atoms with Crippen molar-refractivity contribution in [3.05, 3.63) is 33.8 Å². The molecule has 0 aliphatic heterocycles. The van der Waals surface area contributed by atoms with Crippen LogP contribution in [0.15, 0.2) is 22.7 Å². The summed E-state index contributed by atoms with van der Waals surface area (Å²) in [6.45, 7) is 2.08. The minimum Gasteiger partial charge on any atom is -0.388 e. The minimum absolute atomic E-state index is 0.00179. The van der Waals surface area contributed by atoms with E-state index in [1.54, 1.807) is 0 Å². The van der Waals surface area contributed by atoms with E-state index < -0.39 is 17.8 Å². The van der Waals surface area contributed by atoms with E-state index in [-0.39, 0.29) is 4.47 Å². The summed E-state index contributed by atoms with van der Waals surface area (Å²) in [6.07, 6.45) is -0.739. The van der Waals surface area contributed by atoms with Crippen LogP contribution in [0.3, 0.4) is 0 Å². The molecule has 0 aromatic heterocycles. The lowest BCUT2D eigenvalue weighted by molar-refractivity contribution is -0.138. The predicted octanol–water partition coefficient (Wildman–Crippen LogP) is 5.47. The number of aliphatic hydroxyl groups is 1. The molecule has 0 aliphatic carbocycles. The zero-order chi connectivity index (χ0) is 14.5. The summed E-state index contributed by atoms with van der Waals surface area (Å²) in [5.41, 5.74) is -0.412. The first-order valence-electron chi connectivity index (χ1n) is 6.41. The Labute approximate surface area is 120 Å². The van der Waals surface area contributed by atoms with Crippen molar-refractivity contribution in [2.75, 3.05) is 0 Å². The molecule has 1 atom stereocenters. The predicted molar refractivity (Wildman–Crippen MR) is 72.9 cm³/mol. The standard InChI is InChI=1S/C14H18BrF3O/c1-2-3-4-5-6-13(19)10-7-8-12(15)11(9-10)14(16,17)18/h7-9,13,19H,2-6H2,1H3. The number of alkyl halides is 3. The molecule has 0 fully saturated rings. The SMILES string of the molecule is CCCCCCC(O)c1ccc(Br)c(C(F)(F)F)c1. The van der Waals surface area contributed by atoms with Crippen molar-refractivity contribution in [3.8, 4) is 0 Å². The van der Waals surface area contributed by atoms with Gasteiger partial charge in [-0.25, -0.2) is 0 Å². The van der Waals surface area contributed by atoms with Gasteiger partial charge in [-0.15, -0.1) is 0 Å². The fraction of sp³-hybridized carbons (Fsp3) is 0.571. The van der Waals surface area contributed by atoms with E-state index in [0.717, 1.165) is 31.7 Å². The Balaban J connectivity index is 2.73. The Hall–Kier alpha value is -0.550. The highest BCUT2D eigenvalue weighted by Gasteiger charge is 2.33. The molecule has 1 aromatic carbocycles. The van der Waals surface area contributed by atoms with Crippen LogP contribution in [0.25, 0.3) is 0 Å². The van der Waals surface area contributed by atoms with Crippen LogP contribution in [0.5, 0.6) is 0 Å². The molecule has 1 nitrogen and oxygen atoms in total. The zero-order valence-corrected chi connectivity index (χ0v) is 12.4. The van der Waals surface area contributed by atoms with Gasteiger partial charge in [-0.2, -0.15) is 13.2 Å². The highest BCUT2D eigenvalue weighted by Crippen LogP contribution is 2.36. The summed E-state index contributed by atoms with van der Waals surface area (Å²) in [4.78, 5) is 0. The van der Waals surface area contributed by atoms with Crippen LogP contribution in [0.4, 0.5) is 13.2 Å². The third kappa shape index (κ3) is 5.15. The molecule has 1 rings (SSSR count). The van der Waals surface area contributed by atoms with Crippen LogP contribution in [-0.2, 0) is 6.18 Å². The molecule has 1 unspecified atom stereocenters. The van der Waals surface area contributed by atoms with E-state index in [1.165, 1.54) is 12.1 Å². The first kappa shape index (κ1) is 16.5. The third-order valence-electron chi connectivity index (χ3n) is 3.01. The number of hydrogen-bond acceptors (Lipinski definition) is 1. The molecule has 0 radical (unpaired) electrons. The quantitative estimate of drug-likeness (QED) is 0.681. The average Bonchev–Trinajstić information content (AvgIpc) is 2.33. The maximum absolute atomic E-state index is 12.7. The normalized spacial score (nSPS) is 13.6. The lowest BCUT2D eigenvalue weighted by atomic mass is 10.0. The first-order valence-corrected chi connectivity index (χ1v) is 7.20. The minimum atomic E-state index is -4.41. The molecule has 0 heterocycles. The number of rotatable bonds is 6. The molecule has 1 N–H and O–H groups in total. The van der Waals surface area contributed by atoms with Gasteiger partial charge in [0.15, 0.2) is 0 Å². The Morgan fingerprint density at radius 1 is 1.21 bits per heavy atom. The highest BCUT2D eigenvalue weighted by atomic mass is 79.9. The van der Waals surface area contributed by atoms with Crippen LogP contribution in [-0.4, -0.2) is 5.11 Å². The van der Waals surface area contributed by atoms with Gasteiger partial charge >= 0.3 is 6.18 Å². The third-order valence-corrected chi connectivity index (χ3v) is 3.70. The lowest BCUT2D eigenvalue weighted by Crippen LogP contribution is -2.08. The number of hydrogen-bond donors (Lipinski definition) is 1. The highest BCUT2D eigenvalue weighted by molar-refractivity contribution is 9.10. The molecule has 0 saturated carbocycles. The van der Waals surface area contributed by atoms with Gasteiger partial charge in [0.05, 0.1) is 11.7 Å². The van der Waals surface area contributed by atoms with Crippen molar-refractivity contribution in [2.45, 2.75) is 51.3 Å². The maximum Gasteiger partial charge on any atom is 0.417 e. The van der Waals surface area contributed by atoms with E-state index in [9.17, 15) is 18.3 Å². The molecule has 0 aliphatic rings. The van der Waals surface area contributed by atoms with Gasteiger partial charge in [0, 0.05) is 4.47 Å². The van der Waals surface area contributed by atoms with Crippen LogP contribution >= 0.6 is 15.9 Å². The topological polar surface area (TPSA) is 20.2 Å². The largest absolute Gasteiger partial charge is 0.417 e. The second-order valence-electron chi connectivity index (χ2n) is 4.60. The summed E-state index contributed by atoms with van der Waals surface area (Å²) in [6, 6.07) is 3.89. The zero-order valence-electron chi connectivity index (χ0n) is 10.8. The molecular weight excluding hydrogens is 321 g/mol. The summed E-state index contributed by atoms with van der Waals surface area (Å²) < 4.78 is 38.2.